The van der Waals surface area contributed by atoms with Crippen molar-refractivity contribution in [2.45, 2.75) is 13.1 Å². The minimum Gasteiger partial charge on any atom is -0.454 e. The van der Waals surface area contributed by atoms with Crippen LogP contribution in [0.3, 0.4) is 0 Å². The highest BCUT2D eigenvalue weighted by molar-refractivity contribution is 5.49. The smallest absolute Gasteiger partial charge is 0.231 e. The Bertz CT molecular complexity index is 352. The molecule has 76 valence electrons. The Balaban J connectivity index is 2.42. The van der Waals surface area contributed by atoms with Crippen LogP contribution in [0, 0.1) is 6.92 Å². The van der Waals surface area contributed by atoms with Crippen LogP contribution >= 0.6 is 0 Å². The molecule has 1 heterocycles. The summed E-state index contributed by atoms with van der Waals surface area (Å²) in [6.07, 6.45) is -0.163. The lowest BCUT2D eigenvalue weighted by Crippen LogP contribution is -2.25. The number of hydrogen-bond donors (Lipinski definition) is 2. The van der Waals surface area contributed by atoms with Gasteiger partial charge in [0, 0.05) is 0 Å². The fourth-order valence-corrected chi connectivity index (χ4v) is 1.55. The van der Waals surface area contributed by atoms with E-state index in [2.05, 4.69) is 5.32 Å². The molecular formula is C10H14N2O2. The average molecular weight is 194 g/mol. The van der Waals surface area contributed by atoms with Crippen molar-refractivity contribution in [2.75, 3.05) is 13.8 Å². The van der Waals surface area contributed by atoms with E-state index >= 15 is 0 Å². The lowest BCUT2D eigenvalue weighted by Gasteiger charge is -2.14. The summed E-state index contributed by atoms with van der Waals surface area (Å²) >= 11 is 0. The predicted molar refractivity (Wildman–Crippen MR) is 53.3 cm³/mol. The van der Waals surface area contributed by atoms with Gasteiger partial charge in [-0.05, 0) is 37.2 Å². The summed E-state index contributed by atoms with van der Waals surface area (Å²) in [7, 11) is 1.83. The van der Waals surface area contributed by atoms with Crippen LogP contribution in [0.4, 0.5) is 0 Å². The Morgan fingerprint density at radius 3 is 2.64 bits per heavy atom. The standard InChI is InChI=1S/C10H14N2O2/c1-6-3-8-9(14-5-13-8)4-7(6)10(11)12-2/h3-4,10,12H,5,11H2,1-2H3. The lowest BCUT2D eigenvalue weighted by molar-refractivity contribution is 0.174. The van der Waals surface area contributed by atoms with E-state index in [9.17, 15) is 0 Å². The Morgan fingerprint density at radius 1 is 1.36 bits per heavy atom. The molecule has 2 rings (SSSR count). The van der Waals surface area contributed by atoms with Crippen molar-refractivity contribution < 1.29 is 9.47 Å². The van der Waals surface area contributed by atoms with Crippen molar-refractivity contribution in [2.24, 2.45) is 5.73 Å². The number of ether oxygens (including phenoxy) is 2. The van der Waals surface area contributed by atoms with E-state index in [1.54, 1.807) is 0 Å². The molecule has 3 N–H and O–H groups in total. The highest BCUT2D eigenvalue weighted by Gasteiger charge is 2.17. The topological polar surface area (TPSA) is 56.5 Å². The van der Waals surface area contributed by atoms with Gasteiger partial charge >= 0.3 is 0 Å². The molecule has 1 atom stereocenters. The van der Waals surface area contributed by atoms with Crippen LogP contribution in [0.5, 0.6) is 11.5 Å². The fourth-order valence-electron chi connectivity index (χ4n) is 1.55. The third-order valence-corrected chi connectivity index (χ3v) is 2.41. The lowest BCUT2D eigenvalue weighted by atomic mass is 10.1. The Hall–Kier alpha value is -1.26. The van der Waals surface area contributed by atoms with Gasteiger partial charge in [0.25, 0.3) is 0 Å². The van der Waals surface area contributed by atoms with Gasteiger partial charge in [-0.1, -0.05) is 0 Å². The van der Waals surface area contributed by atoms with Crippen LogP contribution in [0.15, 0.2) is 12.1 Å². The number of fused-ring (bicyclic) bond motifs is 1. The zero-order valence-corrected chi connectivity index (χ0v) is 8.33. The van der Waals surface area contributed by atoms with Gasteiger partial charge in [-0.25, -0.2) is 0 Å². The molecule has 0 saturated carbocycles. The molecule has 1 aromatic carbocycles. The second kappa shape index (κ2) is 3.48. The van der Waals surface area contributed by atoms with Gasteiger partial charge in [0.1, 0.15) is 0 Å². The summed E-state index contributed by atoms with van der Waals surface area (Å²) in [4.78, 5) is 0. The highest BCUT2D eigenvalue weighted by atomic mass is 16.7. The highest BCUT2D eigenvalue weighted by Crippen LogP contribution is 2.35. The predicted octanol–water partition coefficient (Wildman–Crippen LogP) is 0.900. The van der Waals surface area contributed by atoms with Crippen molar-refractivity contribution in [1.29, 1.82) is 0 Å². The van der Waals surface area contributed by atoms with Crippen molar-refractivity contribution >= 4 is 0 Å². The van der Waals surface area contributed by atoms with Gasteiger partial charge in [-0.15, -0.1) is 0 Å². The Kier molecular flexibility index (Phi) is 2.31. The molecule has 0 aliphatic carbocycles. The van der Waals surface area contributed by atoms with Gasteiger partial charge in [0.05, 0.1) is 6.17 Å². The molecule has 1 aliphatic rings. The normalized spacial score (nSPS) is 15.6. The molecular weight excluding hydrogens is 180 g/mol. The van der Waals surface area contributed by atoms with E-state index in [1.165, 1.54) is 0 Å². The minimum absolute atomic E-state index is 0.163. The zero-order valence-electron chi connectivity index (χ0n) is 8.33. The van der Waals surface area contributed by atoms with Gasteiger partial charge in [-0.3, -0.25) is 0 Å². The van der Waals surface area contributed by atoms with E-state index in [0.29, 0.717) is 6.79 Å². The molecule has 0 radical (unpaired) electrons. The monoisotopic (exact) mass is 194 g/mol. The van der Waals surface area contributed by atoms with Crippen LogP contribution in [-0.4, -0.2) is 13.8 Å². The second-order valence-electron chi connectivity index (χ2n) is 3.33. The Labute approximate surface area is 83.0 Å². The van der Waals surface area contributed by atoms with Crippen molar-refractivity contribution in [3.8, 4) is 11.5 Å². The third kappa shape index (κ3) is 1.42. The number of aryl methyl sites for hydroxylation is 1. The third-order valence-electron chi connectivity index (χ3n) is 2.41. The average Bonchev–Trinajstić information content (AvgIpc) is 2.62. The van der Waals surface area contributed by atoms with Crippen LogP contribution < -0.4 is 20.5 Å². The SMILES string of the molecule is CNC(N)c1cc2c(cc1C)OCO2. The summed E-state index contributed by atoms with van der Waals surface area (Å²) in [5.74, 6) is 1.57. The number of benzene rings is 1. The largest absolute Gasteiger partial charge is 0.454 e. The Morgan fingerprint density at radius 2 is 2.00 bits per heavy atom. The molecule has 14 heavy (non-hydrogen) atoms. The molecule has 1 aliphatic heterocycles. The first kappa shape index (κ1) is 9.30. The molecule has 0 aromatic heterocycles. The number of hydrogen-bond acceptors (Lipinski definition) is 4. The summed E-state index contributed by atoms with van der Waals surface area (Å²) in [5, 5.41) is 2.99. The van der Waals surface area contributed by atoms with Gasteiger partial charge < -0.3 is 20.5 Å². The maximum atomic E-state index is 5.88. The fraction of sp³-hybridized carbons (Fsp3) is 0.400. The first-order valence-electron chi connectivity index (χ1n) is 4.55. The van der Waals surface area contributed by atoms with Gasteiger partial charge in [0.15, 0.2) is 11.5 Å². The second-order valence-corrected chi connectivity index (χ2v) is 3.33. The maximum absolute atomic E-state index is 5.88. The van der Waals surface area contributed by atoms with Crippen LogP contribution in [-0.2, 0) is 0 Å². The van der Waals surface area contributed by atoms with Crippen LogP contribution in [0.2, 0.25) is 0 Å². The summed E-state index contributed by atoms with van der Waals surface area (Å²) in [6.45, 7) is 2.31. The van der Waals surface area contributed by atoms with E-state index in [4.69, 9.17) is 15.2 Å². The van der Waals surface area contributed by atoms with Gasteiger partial charge in [-0.2, -0.15) is 0 Å². The van der Waals surface area contributed by atoms with E-state index in [1.807, 2.05) is 26.1 Å². The summed E-state index contributed by atoms with van der Waals surface area (Å²) in [6, 6.07) is 3.88. The number of nitrogens with two attached hydrogens (primary N) is 1. The van der Waals surface area contributed by atoms with Gasteiger partial charge in [0.2, 0.25) is 6.79 Å². The molecule has 0 spiro atoms. The van der Waals surface area contributed by atoms with Crippen LogP contribution in [0.25, 0.3) is 0 Å². The molecule has 0 fully saturated rings. The number of nitrogens with one attached hydrogen (secondary N) is 1. The molecule has 1 aromatic rings. The van der Waals surface area contributed by atoms with E-state index in [-0.39, 0.29) is 6.17 Å². The zero-order chi connectivity index (χ0) is 10.1. The molecule has 4 nitrogen and oxygen atoms in total. The van der Waals surface area contributed by atoms with E-state index in [0.717, 1.165) is 22.6 Å². The molecule has 0 saturated heterocycles. The maximum Gasteiger partial charge on any atom is 0.231 e. The van der Waals surface area contributed by atoms with Crippen molar-refractivity contribution in [1.82, 2.24) is 5.32 Å². The summed E-state index contributed by atoms with van der Waals surface area (Å²) < 4.78 is 10.5. The van der Waals surface area contributed by atoms with Crippen LogP contribution in [0.1, 0.15) is 17.3 Å². The first-order valence-corrected chi connectivity index (χ1v) is 4.55. The van der Waals surface area contributed by atoms with E-state index < -0.39 is 0 Å². The summed E-state index contributed by atoms with van der Waals surface area (Å²) in [5.41, 5.74) is 8.03. The molecule has 4 heteroatoms. The number of rotatable bonds is 2. The van der Waals surface area contributed by atoms with Crippen molar-refractivity contribution in [3.63, 3.8) is 0 Å². The first-order chi connectivity index (χ1) is 6.72. The molecule has 0 amide bonds. The van der Waals surface area contributed by atoms with Crippen molar-refractivity contribution in [3.05, 3.63) is 23.3 Å². The molecule has 1 unspecified atom stereocenters. The quantitative estimate of drug-likeness (QED) is 0.687. The minimum atomic E-state index is -0.163. The molecule has 0 bridgehead atoms.